The number of nitrogens with one attached hydrogen (secondary N) is 1. The summed E-state index contributed by atoms with van der Waals surface area (Å²) in [6, 6.07) is 7.82. The molecule has 0 aliphatic heterocycles. The fourth-order valence-electron chi connectivity index (χ4n) is 1.53. The number of hydrogen-bond donors (Lipinski definition) is 1. The molecule has 0 aliphatic rings. The minimum absolute atomic E-state index is 0.443. The van der Waals surface area contributed by atoms with Crippen molar-refractivity contribution in [3.05, 3.63) is 23.8 Å². The molecule has 0 aromatic heterocycles. The van der Waals surface area contributed by atoms with Gasteiger partial charge in [0.15, 0.2) is 17.6 Å². The average molecular weight is 234 g/mol. The van der Waals surface area contributed by atoms with Gasteiger partial charge < -0.3 is 14.8 Å². The molecule has 0 bridgehead atoms. The highest BCUT2D eigenvalue weighted by atomic mass is 16.5. The Morgan fingerprint density at radius 2 is 2.24 bits per heavy atom. The zero-order valence-corrected chi connectivity index (χ0v) is 10.5. The third-order valence-electron chi connectivity index (χ3n) is 2.42. The lowest BCUT2D eigenvalue weighted by molar-refractivity contribution is 0.236. The normalized spacial score (nSPS) is 11.6. The molecular weight excluding hydrogens is 216 g/mol. The van der Waals surface area contributed by atoms with Crippen molar-refractivity contribution >= 4 is 0 Å². The molecule has 92 valence electrons. The van der Waals surface area contributed by atoms with Gasteiger partial charge in [-0.15, -0.1) is 0 Å². The summed E-state index contributed by atoms with van der Waals surface area (Å²) in [5, 5.41) is 12.0. The van der Waals surface area contributed by atoms with Crippen LogP contribution in [0.2, 0.25) is 0 Å². The summed E-state index contributed by atoms with van der Waals surface area (Å²) in [5.74, 6) is 1.31. The molecular formula is C13H18N2O2. The van der Waals surface area contributed by atoms with Gasteiger partial charge >= 0.3 is 0 Å². The maximum absolute atomic E-state index is 8.94. The van der Waals surface area contributed by atoms with Gasteiger partial charge in [0.2, 0.25) is 0 Å². The highest BCUT2D eigenvalue weighted by Gasteiger charge is 2.14. The molecule has 0 fully saturated rings. The van der Waals surface area contributed by atoms with Crippen molar-refractivity contribution < 1.29 is 9.47 Å². The molecule has 17 heavy (non-hydrogen) atoms. The summed E-state index contributed by atoms with van der Waals surface area (Å²) >= 11 is 0. The molecule has 1 atom stereocenters. The van der Waals surface area contributed by atoms with Gasteiger partial charge in [0, 0.05) is 12.1 Å². The Bertz CT molecular complexity index is 399. The fourth-order valence-corrected chi connectivity index (χ4v) is 1.53. The van der Waals surface area contributed by atoms with Gasteiger partial charge in [-0.1, -0.05) is 19.1 Å². The number of nitriles is 1. The van der Waals surface area contributed by atoms with Gasteiger partial charge in [-0.2, -0.15) is 5.26 Å². The molecule has 1 aromatic carbocycles. The fraction of sp³-hybridized carbons (Fsp3) is 0.462. The van der Waals surface area contributed by atoms with E-state index in [0.717, 1.165) is 5.56 Å². The second kappa shape index (κ2) is 6.77. The predicted octanol–water partition coefficient (Wildman–Crippen LogP) is 2.10. The maximum Gasteiger partial charge on any atom is 0.184 e. The third kappa shape index (κ3) is 3.36. The first-order valence-electron chi connectivity index (χ1n) is 5.63. The number of benzene rings is 1. The summed E-state index contributed by atoms with van der Waals surface area (Å²) in [5.41, 5.74) is 0.987. The van der Waals surface area contributed by atoms with Crippen LogP contribution in [0.25, 0.3) is 0 Å². The molecule has 0 radical (unpaired) electrons. The SMILES string of the molecule is CCC(C#N)Oc1c(CNC)cccc1OC. The summed E-state index contributed by atoms with van der Waals surface area (Å²) in [4.78, 5) is 0. The Morgan fingerprint density at radius 1 is 1.47 bits per heavy atom. The highest BCUT2D eigenvalue weighted by Crippen LogP contribution is 2.32. The summed E-state index contributed by atoms with van der Waals surface area (Å²) in [6.07, 6.45) is 0.204. The molecule has 0 heterocycles. The third-order valence-corrected chi connectivity index (χ3v) is 2.42. The second-order valence-electron chi connectivity index (χ2n) is 3.62. The molecule has 0 saturated heterocycles. The number of rotatable bonds is 6. The second-order valence-corrected chi connectivity index (χ2v) is 3.62. The van der Waals surface area contributed by atoms with E-state index in [2.05, 4.69) is 11.4 Å². The van der Waals surface area contributed by atoms with E-state index in [1.165, 1.54) is 0 Å². The van der Waals surface area contributed by atoms with Crippen molar-refractivity contribution in [2.75, 3.05) is 14.2 Å². The van der Waals surface area contributed by atoms with E-state index in [1.54, 1.807) is 7.11 Å². The van der Waals surface area contributed by atoms with Gasteiger partial charge in [-0.3, -0.25) is 0 Å². The zero-order chi connectivity index (χ0) is 12.7. The number of para-hydroxylation sites is 1. The maximum atomic E-state index is 8.94. The van der Waals surface area contributed by atoms with Crippen LogP contribution in [0.3, 0.4) is 0 Å². The van der Waals surface area contributed by atoms with Crippen LogP contribution < -0.4 is 14.8 Å². The minimum Gasteiger partial charge on any atom is -0.493 e. The Hall–Kier alpha value is -1.73. The first-order chi connectivity index (χ1) is 8.26. The minimum atomic E-state index is -0.443. The Balaban J connectivity index is 3.04. The van der Waals surface area contributed by atoms with Crippen LogP contribution in [-0.2, 0) is 6.54 Å². The van der Waals surface area contributed by atoms with Crippen molar-refractivity contribution in [1.82, 2.24) is 5.32 Å². The molecule has 4 heteroatoms. The number of methoxy groups -OCH3 is 1. The molecule has 1 unspecified atom stereocenters. The van der Waals surface area contributed by atoms with Gasteiger partial charge in [-0.25, -0.2) is 0 Å². The van der Waals surface area contributed by atoms with E-state index >= 15 is 0 Å². The van der Waals surface area contributed by atoms with Gasteiger partial charge in [0.25, 0.3) is 0 Å². The van der Waals surface area contributed by atoms with Crippen LogP contribution in [0.1, 0.15) is 18.9 Å². The van der Waals surface area contributed by atoms with Crippen molar-refractivity contribution in [2.45, 2.75) is 26.0 Å². The molecule has 1 N–H and O–H groups in total. The van der Waals surface area contributed by atoms with Gasteiger partial charge in [0.1, 0.15) is 6.07 Å². The molecule has 0 amide bonds. The van der Waals surface area contributed by atoms with E-state index in [1.807, 2.05) is 32.2 Å². The first kappa shape index (κ1) is 13.3. The van der Waals surface area contributed by atoms with Crippen LogP contribution in [-0.4, -0.2) is 20.3 Å². The molecule has 0 saturated carbocycles. The van der Waals surface area contributed by atoms with Crippen molar-refractivity contribution in [3.63, 3.8) is 0 Å². The smallest absolute Gasteiger partial charge is 0.184 e. The van der Waals surface area contributed by atoms with E-state index in [0.29, 0.717) is 24.5 Å². The quantitative estimate of drug-likeness (QED) is 0.819. The van der Waals surface area contributed by atoms with Crippen LogP contribution >= 0.6 is 0 Å². The topological polar surface area (TPSA) is 54.3 Å². The molecule has 1 aromatic rings. The van der Waals surface area contributed by atoms with Crippen LogP contribution in [0.5, 0.6) is 11.5 Å². The molecule has 0 aliphatic carbocycles. The lowest BCUT2D eigenvalue weighted by Gasteiger charge is -2.17. The predicted molar refractivity (Wildman–Crippen MR) is 66.1 cm³/mol. The lowest BCUT2D eigenvalue weighted by Crippen LogP contribution is -2.15. The largest absolute Gasteiger partial charge is 0.493 e. The number of nitrogens with zero attached hydrogens (tertiary/aromatic N) is 1. The monoisotopic (exact) mass is 234 g/mol. The Kier molecular flexibility index (Phi) is 5.31. The molecule has 0 spiro atoms. The van der Waals surface area contributed by atoms with Crippen molar-refractivity contribution in [1.29, 1.82) is 5.26 Å². The molecule has 4 nitrogen and oxygen atoms in total. The zero-order valence-electron chi connectivity index (χ0n) is 10.5. The molecule has 1 rings (SSSR count). The summed E-state index contributed by atoms with van der Waals surface area (Å²) in [7, 11) is 3.46. The van der Waals surface area contributed by atoms with E-state index in [9.17, 15) is 0 Å². The standard InChI is InChI=1S/C13H18N2O2/c1-4-11(8-14)17-13-10(9-15-2)6-5-7-12(13)16-3/h5-7,11,15H,4,9H2,1-3H3. The summed E-state index contributed by atoms with van der Waals surface area (Å²) in [6.45, 7) is 2.59. The highest BCUT2D eigenvalue weighted by molar-refractivity contribution is 5.47. The van der Waals surface area contributed by atoms with Gasteiger partial charge in [0.05, 0.1) is 7.11 Å². The van der Waals surface area contributed by atoms with Crippen LogP contribution in [0, 0.1) is 11.3 Å². The Labute approximate surface area is 102 Å². The van der Waals surface area contributed by atoms with Crippen molar-refractivity contribution in [2.24, 2.45) is 0 Å². The lowest BCUT2D eigenvalue weighted by atomic mass is 10.1. The number of hydrogen-bond acceptors (Lipinski definition) is 4. The van der Waals surface area contributed by atoms with Crippen LogP contribution in [0.4, 0.5) is 0 Å². The van der Waals surface area contributed by atoms with Crippen LogP contribution in [0.15, 0.2) is 18.2 Å². The van der Waals surface area contributed by atoms with E-state index in [4.69, 9.17) is 14.7 Å². The van der Waals surface area contributed by atoms with E-state index in [-0.39, 0.29) is 0 Å². The Morgan fingerprint density at radius 3 is 2.76 bits per heavy atom. The first-order valence-corrected chi connectivity index (χ1v) is 5.63. The summed E-state index contributed by atoms with van der Waals surface area (Å²) < 4.78 is 11.0. The number of ether oxygens (including phenoxy) is 2. The average Bonchev–Trinajstić information content (AvgIpc) is 2.37. The van der Waals surface area contributed by atoms with E-state index < -0.39 is 6.10 Å². The van der Waals surface area contributed by atoms with Gasteiger partial charge in [-0.05, 0) is 19.5 Å². The van der Waals surface area contributed by atoms with Crippen molar-refractivity contribution in [3.8, 4) is 17.6 Å².